The van der Waals surface area contributed by atoms with Gasteiger partial charge in [-0.2, -0.15) is 0 Å². The van der Waals surface area contributed by atoms with Crippen molar-refractivity contribution in [3.05, 3.63) is 152 Å². The predicted octanol–water partition coefficient (Wildman–Crippen LogP) is 11.1. The minimum atomic E-state index is 1.17. The number of aromatic nitrogens is 1. The van der Waals surface area contributed by atoms with Gasteiger partial charge in [0, 0.05) is 16.5 Å². The molecule has 1 heteroatoms. The summed E-state index contributed by atoms with van der Waals surface area (Å²) in [7, 11) is 0. The van der Waals surface area contributed by atoms with Crippen LogP contribution in [0.2, 0.25) is 0 Å². The normalized spacial score (nSPS) is 11.9. The summed E-state index contributed by atoms with van der Waals surface area (Å²) in [5.41, 5.74) is 6.17. The van der Waals surface area contributed by atoms with Crippen molar-refractivity contribution in [2.24, 2.45) is 0 Å². The highest BCUT2D eigenvalue weighted by molar-refractivity contribution is 6.28. The van der Waals surface area contributed by atoms with Crippen molar-refractivity contribution in [3.8, 4) is 16.8 Å². The molecule has 41 heavy (non-hydrogen) atoms. The van der Waals surface area contributed by atoms with Crippen molar-refractivity contribution in [1.82, 2.24) is 4.57 Å². The molecule has 9 rings (SSSR count). The first-order valence-corrected chi connectivity index (χ1v) is 14.2. The van der Waals surface area contributed by atoms with Gasteiger partial charge in [-0.1, -0.05) is 121 Å². The lowest BCUT2D eigenvalue weighted by Gasteiger charge is -2.14. The minimum absolute atomic E-state index is 1.17. The second-order valence-corrected chi connectivity index (χ2v) is 10.9. The molecule has 0 bridgehead atoms. The van der Waals surface area contributed by atoms with Crippen LogP contribution in [0.25, 0.3) is 81.7 Å². The van der Waals surface area contributed by atoms with E-state index in [0.29, 0.717) is 0 Å². The Hall–Kier alpha value is -5.40. The zero-order valence-electron chi connectivity index (χ0n) is 22.4. The van der Waals surface area contributed by atoms with Crippen LogP contribution in [0.15, 0.2) is 152 Å². The van der Waals surface area contributed by atoms with Gasteiger partial charge in [0.05, 0.1) is 11.0 Å². The second kappa shape index (κ2) is 8.55. The highest BCUT2D eigenvalue weighted by Crippen LogP contribution is 2.41. The molecule has 9 aromatic rings. The van der Waals surface area contributed by atoms with Crippen molar-refractivity contribution in [2.45, 2.75) is 0 Å². The fourth-order valence-electron chi connectivity index (χ4n) is 6.93. The molecule has 0 saturated carbocycles. The molecule has 0 amide bonds. The van der Waals surface area contributed by atoms with Gasteiger partial charge in [-0.3, -0.25) is 0 Å². The van der Waals surface area contributed by atoms with E-state index in [2.05, 4.69) is 156 Å². The largest absolute Gasteiger partial charge is 0.309 e. The van der Waals surface area contributed by atoms with Crippen LogP contribution in [0.3, 0.4) is 0 Å². The molecule has 0 unspecified atom stereocenters. The van der Waals surface area contributed by atoms with Gasteiger partial charge in [0.25, 0.3) is 0 Å². The topological polar surface area (TPSA) is 4.93 Å². The lowest BCUT2D eigenvalue weighted by Crippen LogP contribution is -1.94. The molecule has 1 heterocycles. The third-order valence-corrected chi connectivity index (χ3v) is 8.73. The zero-order valence-corrected chi connectivity index (χ0v) is 22.4. The Bertz CT molecular complexity index is 2310. The fourth-order valence-corrected chi connectivity index (χ4v) is 6.93. The van der Waals surface area contributed by atoms with Crippen LogP contribution in [-0.2, 0) is 0 Å². The summed E-state index contributed by atoms with van der Waals surface area (Å²) in [6.07, 6.45) is 0. The van der Waals surface area contributed by atoms with Gasteiger partial charge in [0.2, 0.25) is 0 Å². The molecule has 0 fully saturated rings. The third-order valence-electron chi connectivity index (χ3n) is 8.73. The first-order chi connectivity index (χ1) is 20.3. The van der Waals surface area contributed by atoms with Crippen molar-refractivity contribution < 1.29 is 0 Å². The number of hydrogen-bond donors (Lipinski definition) is 0. The van der Waals surface area contributed by atoms with Crippen LogP contribution >= 0.6 is 0 Å². The summed E-state index contributed by atoms with van der Waals surface area (Å²) >= 11 is 0. The number of rotatable bonds is 2. The molecule has 0 spiro atoms. The van der Waals surface area contributed by atoms with Crippen LogP contribution in [-0.4, -0.2) is 4.57 Å². The minimum Gasteiger partial charge on any atom is -0.309 e. The second-order valence-electron chi connectivity index (χ2n) is 10.9. The molecule has 1 aromatic heterocycles. The molecule has 0 aliphatic carbocycles. The van der Waals surface area contributed by atoms with E-state index in [1.54, 1.807) is 0 Å². The van der Waals surface area contributed by atoms with E-state index in [-0.39, 0.29) is 0 Å². The molecular formula is C40H25N. The Balaban J connectivity index is 1.34. The Kier molecular flexibility index (Phi) is 4.67. The average Bonchev–Trinajstić information content (AvgIpc) is 3.39. The van der Waals surface area contributed by atoms with Crippen LogP contribution in [0, 0.1) is 0 Å². The van der Waals surface area contributed by atoms with Crippen LogP contribution in [0.5, 0.6) is 0 Å². The van der Waals surface area contributed by atoms with E-state index in [4.69, 9.17) is 0 Å². The molecule has 0 aliphatic rings. The third kappa shape index (κ3) is 3.24. The maximum atomic E-state index is 2.44. The SMILES string of the molecule is c1ccc2c(-c3ccc(-n4c5ccc6ccccc6c5c5c6ccccc6ccc54)cc3)c3ccccc3cc2c1. The molecule has 1 nitrogen and oxygen atoms in total. The predicted molar refractivity (Wildman–Crippen MR) is 176 cm³/mol. The van der Waals surface area contributed by atoms with Gasteiger partial charge < -0.3 is 4.57 Å². The lowest BCUT2D eigenvalue weighted by atomic mass is 9.92. The lowest BCUT2D eigenvalue weighted by molar-refractivity contribution is 1.18. The molecule has 8 aromatic carbocycles. The summed E-state index contributed by atoms with van der Waals surface area (Å²) in [6, 6.07) is 55.5. The van der Waals surface area contributed by atoms with Crippen molar-refractivity contribution in [2.75, 3.05) is 0 Å². The van der Waals surface area contributed by atoms with Gasteiger partial charge >= 0.3 is 0 Å². The smallest absolute Gasteiger partial charge is 0.0547 e. The maximum absolute atomic E-state index is 2.44. The molecule has 0 aliphatic heterocycles. The van der Waals surface area contributed by atoms with Crippen molar-refractivity contribution in [3.63, 3.8) is 0 Å². The fraction of sp³-hybridized carbons (Fsp3) is 0. The summed E-state index contributed by atoms with van der Waals surface area (Å²) in [4.78, 5) is 0. The van der Waals surface area contributed by atoms with E-state index in [1.807, 2.05) is 0 Å². The Labute approximate surface area is 237 Å². The molecule has 0 atom stereocenters. The summed E-state index contributed by atoms with van der Waals surface area (Å²) < 4.78 is 2.44. The van der Waals surface area contributed by atoms with Gasteiger partial charge in [-0.25, -0.2) is 0 Å². The molecule has 190 valence electrons. The van der Waals surface area contributed by atoms with E-state index in [0.717, 1.165) is 0 Å². The highest BCUT2D eigenvalue weighted by atomic mass is 15.0. The van der Waals surface area contributed by atoms with Gasteiger partial charge in [0.15, 0.2) is 0 Å². The molecule has 0 N–H and O–H groups in total. The van der Waals surface area contributed by atoms with E-state index >= 15 is 0 Å². The summed E-state index contributed by atoms with van der Waals surface area (Å²) in [5, 5.41) is 12.9. The number of hydrogen-bond acceptors (Lipinski definition) is 0. The zero-order chi connectivity index (χ0) is 26.9. The maximum Gasteiger partial charge on any atom is 0.0547 e. The summed E-state index contributed by atoms with van der Waals surface area (Å²) in [5.74, 6) is 0. The van der Waals surface area contributed by atoms with E-state index in [9.17, 15) is 0 Å². The molecule has 0 radical (unpaired) electrons. The first-order valence-electron chi connectivity index (χ1n) is 14.2. The quantitative estimate of drug-likeness (QED) is 0.200. The van der Waals surface area contributed by atoms with Gasteiger partial charge in [-0.05, 0) is 84.5 Å². The highest BCUT2D eigenvalue weighted by Gasteiger charge is 2.17. The standard InChI is InChI=1S/C40H25N/c1-5-13-32-26(9-1)19-23-36-39(32)40-33-14-6-2-10-27(33)20-24-37(40)41(36)31-21-17-28(18-22-31)38-34-15-7-3-11-29(34)25-30-12-4-8-16-35(30)38/h1-25H. The van der Waals surface area contributed by atoms with Crippen LogP contribution < -0.4 is 0 Å². The van der Waals surface area contributed by atoms with Crippen molar-refractivity contribution >= 4 is 64.9 Å². The summed E-state index contributed by atoms with van der Waals surface area (Å²) in [6.45, 7) is 0. The number of fused-ring (bicyclic) bond motifs is 9. The average molecular weight is 520 g/mol. The number of benzene rings is 8. The Morgan fingerprint density at radius 3 is 1.29 bits per heavy atom. The van der Waals surface area contributed by atoms with Crippen LogP contribution in [0.1, 0.15) is 0 Å². The van der Waals surface area contributed by atoms with E-state index in [1.165, 1.54) is 81.7 Å². The van der Waals surface area contributed by atoms with E-state index < -0.39 is 0 Å². The van der Waals surface area contributed by atoms with Crippen LogP contribution in [0.4, 0.5) is 0 Å². The number of nitrogens with zero attached hydrogens (tertiary/aromatic N) is 1. The monoisotopic (exact) mass is 519 g/mol. The first kappa shape index (κ1) is 22.4. The molecular weight excluding hydrogens is 494 g/mol. The van der Waals surface area contributed by atoms with Crippen molar-refractivity contribution in [1.29, 1.82) is 0 Å². The van der Waals surface area contributed by atoms with Gasteiger partial charge in [-0.15, -0.1) is 0 Å². The Morgan fingerprint density at radius 1 is 0.341 bits per heavy atom. The van der Waals surface area contributed by atoms with Gasteiger partial charge in [0.1, 0.15) is 0 Å². The molecule has 0 saturated heterocycles. The Morgan fingerprint density at radius 2 is 0.780 bits per heavy atom.